The Morgan fingerprint density at radius 2 is 1.29 bits per heavy atom. The molecule has 0 aromatic carbocycles. The van der Waals surface area contributed by atoms with Gasteiger partial charge in [0.2, 0.25) is 0 Å². The summed E-state index contributed by atoms with van der Waals surface area (Å²) in [6, 6.07) is 3.67. The van der Waals surface area contributed by atoms with Crippen molar-refractivity contribution in [2.75, 3.05) is 22.4 Å². The van der Waals surface area contributed by atoms with Crippen molar-refractivity contribution in [2.24, 2.45) is 0 Å². The van der Waals surface area contributed by atoms with E-state index >= 15 is 0 Å². The third-order valence-electron chi connectivity index (χ3n) is 0.735. The van der Waals surface area contributed by atoms with Gasteiger partial charge in [0.1, 0.15) is 0 Å². The minimum Gasteiger partial charge on any atom is -0.473 e. The van der Waals surface area contributed by atoms with Crippen LogP contribution in [0.2, 0.25) is 0 Å². The average molecular weight is 409 g/mol. The highest BCUT2D eigenvalue weighted by Crippen LogP contribution is 1.82. The highest BCUT2D eigenvalue weighted by atomic mass is 79.9. The fourth-order valence-electron chi connectivity index (χ4n) is 0.227. The predicted molar refractivity (Wildman–Crippen MR) is 88.1 cm³/mol. The van der Waals surface area contributed by atoms with Crippen LogP contribution >= 0.6 is 55.1 Å². The molecule has 0 fully saturated rings. The van der Waals surface area contributed by atoms with Gasteiger partial charge in [0.15, 0.2) is 0 Å². The first-order valence-electron chi connectivity index (χ1n) is 4.69. The van der Waals surface area contributed by atoms with Crippen molar-refractivity contribution in [1.82, 2.24) is 0 Å². The average Bonchev–Trinajstić information content (AvgIpc) is 2.98. The molecule has 0 aliphatic heterocycles. The summed E-state index contributed by atoms with van der Waals surface area (Å²) in [5.74, 6) is 1.11. The fraction of sp³-hybridized carbons (Fsp3) is 0.333. The molecular weight excluding hydrogens is 391 g/mol. The SMILES string of the molecule is BrCCBr.C=CC=C.ClCCCl.c1ccoc1. The molecule has 1 aromatic rings. The van der Waals surface area contributed by atoms with Gasteiger partial charge in [-0.3, -0.25) is 0 Å². The normalized spacial score (nSPS) is 7.06. The maximum Gasteiger partial charge on any atom is 0.0902 e. The Morgan fingerprint density at radius 1 is 0.941 bits per heavy atom. The van der Waals surface area contributed by atoms with Crippen molar-refractivity contribution in [3.63, 3.8) is 0 Å². The molecule has 0 atom stereocenters. The van der Waals surface area contributed by atoms with Crippen LogP contribution in [0.5, 0.6) is 0 Å². The van der Waals surface area contributed by atoms with E-state index in [2.05, 4.69) is 49.4 Å². The third kappa shape index (κ3) is 48.4. The van der Waals surface area contributed by atoms with E-state index < -0.39 is 0 Å². The minimum absolute atomic E-state index is 0.557. The molecule has 17 heavy (non-hydrogen) atoms. The molecule has 0 N–H and O–H groups in total. The van der Waals surface area contributed by atoms with E-state index in [1.165, 1.54) is 0 Å². The number of allylic oxidation sites excluding steroid dienone is 2. The van der Waals surface area contributed by atoms with Gasteiger partial charge >= 0.3 is 0 Å². The third-order valence-corrected chi connectivity index (χ3v) is 3.16. The second kappa shape index (κ2) is 29.9. The second-order valence-corrected chi connectivity index (χ2v) is 4.36. The monoisotopic (exact) mass is 406 g/mol. The van der Waals surface area contributed by atoms with Crippen LogP contribution in [0, 0.1) is 0 Å². The van der Waals surface area contributed by atoms with Gasteiger partial charge in [-0.05, 0) is 12.1 Å². The van der Waals surface area contributed by atoms with Crippen LogP contribution in [0.3, 0.4) is 0 Å². The minimum atomic E-state index is 0.557. The molecular formula is C12H18Br2Cl2O. The van der Waals surface area contributed by atoms with Crippen molar-refractivity contribution >= 4 is 55.1 Å². The molecule has 1 aromatic heterocycles. The van der Waals surface area contributed by atoms with Crippen molar-refractivity contribution < 1.29 is 4.42 Å². The molecule has 0 unspecified atom stereocenters. The van der Waals surface area contributed by atoms with Gasteiger partial charge in [0.25, 0.3) is 0 Å². The van der Waals surface area contributed by atoms with E-state index in [0.29, 0.717) is 11.8 Å². The van der Waals surface area contributed by atoms with Crippen LogP contribution in [-0.4, -0.2) is 22.4 Å². The lowest BCUT2D eigenvalue weighted by atomic mass is 10.6. The fourth-order valence-corrected chi connectivity index (χ4v) is 0.227. The number of halogens is 4. The summed E-state index contributed by atoms with van der Waals surface area (Å²) < 4.78 is 4.58. The summed E-state index contributed by atoms with van der Waals surface area (Å²) in [6.07, 6.45) is 6.53. The van der Waals surface area contributed by atoms with Crippen molar-refractivity contribution in [3.05, 3.63) is 50.0 Å². The first-order valence-corrected chi connectivity index (χ1v) is 8.00. The lowest BCUT2D eigenvalue weighted by Gasteiger charge is -1.63. The van der Waals surface area contributed by atoms with E-state index in [0.717, 1.165) is 10.7 Å². The van der Waals surface area contributed by atoms with Gasteiger partial charge in [0.05, 0.1) is 12.5 Å². The van der Waals surface area contributed by atoms with Gasteiger partial charge < -0.3 is 4.42 Å². The quantitative estimate of drug-likeness (QED) is 0.449. The Hall–Kier alpha value is 0.300. The molecule has 0 spiro atoms. The Balaban J connectivity index is -0.000000155. The van der Waals surface area contributed by atoms with Crippen LogP contribution in [-0.2, 0) is 0 Å². The van der Waals surface area contributed by atoms with Crippen LogP contribution < -0.4 is 0 Å². The van der Waals surface area contributed by atoms with Gasteiger partial charge in [-0.25, -0.2) is 0 Å². The molecule has 0 aliphatic carbocycles. The van der Waals surface area contributed by atoms with Crippen LogP contribution in [0.4, 0.5) is 0 Å². The van der Waals surface area contributed by atoms with Crippen molar-refractivity contribution in [1.29, 1.82) is 0 Å². The lowest BCUT2D eigenvalue weighted by Crippen LogP contribution is -1.63. The van der Waals surface area contributed by atoms with E-state index in [1.54, 1.807) is 24.7 Å². The molecule has 1 nitrogen and oxygen atoms in total. The smallest absolute Gasteiger partial charge is 0.0902 e. The number of hydrogen-bond acceptors (Lipinski definition) is 1. The zero-order valence-corrected chi connectivity index (χ0v) is 14.3. The zero-order chi connectivity index (χ0) is 13.8. The molecule has 0 bridgehead atoms. The molecule has 0 amide bonds. The standard InChI is InChI=1S/C4H4O.C4H6.C2H4Br2.C2H4Cl2/c1-2-4-5-3-1;1-3-4-2;2*3-1-2-4/h1-4H;3-4H,1-2H2;2*1-2H2. The molecule has 0 aliphatic rings. The highest BCUT2D eigenvalue weighted by Gasteiger charge is 1.62. The van der Waals surface area contributed by atoms with Crippen molar-refractivity contribution in [2.45, 2.75) is 0 Å². The second-order valence-electron chi connectivity index (χ2n) is 2.02. The van der Waals surface area contributed by atoms with E-state index in [-0.39, 0.29) is 0 Å². The van der Waals surface area contributed by atoms with E-state index in [1.807, 2.05) is 12.1 Å². The first kappa shape index (κ1) is 22.5. The topological polar surface area (TPSA) is 13.1 Å². The molecule has 0 saturated heterocycles. The summed E-state index contributed by atoms with van der Waals surface area (Å²) in [5.41, 5.74) is 0. The van der Waals surface area contributed by atoms with Gasteiger partial charge in [-0.2, -0.15) is 0 Å². The van der Waals surface area contributed by atoms with Gasteiger partial charge in [0, 0.05) is 22.4 Å². The Kier molecular flexibility index (Phi) is 39.5. The molecule has 0 saturated carbocycles. The van der Waals surface area contributed by atoms with Crippen LogP contribution in [0.15, 0.2) is 54.4 Å². The molecule has 0 radical (unpaired) electrons. The van der Waals surface area contributed by atoms with Gasteiger partial charge in [-0.1, -0.05) is 57.2 Å². The van der Waals surface area contributed by atoms with E-state index in [4.69, 9.17) is 23.2 Å². The van der Waals surface area contributed by atoms with Crippen LogP contribution in [0.25, 0.3) is 0 Å². The molecule has 1 heterocycles. The molecule has 100 valence electrons. The number of alkyl halides is 4. The van der Waals surface area contributed by atoms with Crippen molar-refractivity contribution in [3.8, 4) is 0 Å². The van der Waals surface area contributed by atoms with E-state index in [9.17, 15) is 0 Å². The largest absolute Gasteiger partial charge is 0.473 e. The predicted octanol–water partition coefficient (Wildman–Crippen LogP) is 5.88. The number of hydrogen-bond donors (Lipinski definition) is 0. The molecule has 5 heteroatoms. The zero-order valence-electron chi connectivity index (χ0n) is 9.63. The Morgan fingerprint density at radius 3 is 1.35 bits per heavy atom. The summed E-state index contributed by atoms with van der Waals surface area (Å²) in [6.45, 7) is 6.72. The Bertz CT molecular complexity index is 173. The number of rotatable bonds is 3. The summed E-state index contributed by atoms with van der Waals surface area (Å²) >= 11 is 16.5. The summed E-state index contributed by atoms with van der Waals surface area (Å²) in [4.78, 5) is 0. The number of furan rings is 1. The first-order chi connectivity index (χ1) is 8.24. The van der Waals surface area contributed by atoms with Crippen LogP contribution in [0.1, 0.15) is 0 Å². The summed E-state index contributed by atoms with van der Waals surface area (Å²) in [5, 5.41) is 2.10. The molecule has 1 rings (SSSR count). The summed E-state index contributed by atoms with van der Waals surface area (Å²) in [7, 11) is 0. The Labute approximate surface area is 131 Å². The van der Waals surface area contributed by atoms with Gasteiger partial charge in [-0.15, -0.1) is 23.2 Å². The highest BCUT2D eigenvalue weighted by molar-refractivity contribution is 9.11. The maximum atomic E-state index is 5.05. The lowest BCUT2D eigenvalue weighted by molar-refractivity contribution is 0.567. The maximum absolute atomic E-state index is 5.05.